The maximum Gasteiger partial charge on any atom is 0.336 e. The number of ether oxygens (including phenoxy) is 2. The topological polar surface area (TPSA) is 96.0 Å². The molecular formula is C31H28O7. The zero-order chi connectivity index (χ0) is 27.4. The van der Waals surface area contributed by atoms with Crippen LogP contribution < -0.4 is 10.4 Å². The van der Waals surface area contributed by atoms with Gasteiger partial charge < -0.3 is 18.3 Å². The van der Waals surface area contributed by atoms with E-state index in [-0.39, 0.29) is 34.8 Å². The first kappa shape index (κ1) is 26.4. The average molecular weight is 513 g/mol. The molecule has 2 aromatic heterocycles. The SMILES string of the molecule is C=CC(C1=CC(=O)C(OC)=CC1=O)c1ccccc1.COc1c(C(C)C)oc2cc3oc(=O)ccc3cc12. The predicted octanol–water partition coefficient (Wildman–Crippen LogP) is 6.24. The number of hydrogen-bond donors (Lipinski definition) is 0. The molecule has 1 atom stereocenters. The first-order valence-corrected chi connectivity index (χ1v) is 12.0. The van der Waals surface area contributed by atoms with Gasteiger partial charge in [0.25, 0.3) is 0 Å². The molecule has 7 nitrogen and oxygen atoms in total. The Labute approximate surface area is 219 Å². The predicted molar refractivity (Wildman–Crippen MR) is 145 cm³/mol. The van der Waals surface area contributed by atoms with Crippen LogP contribution >= 0.6 is 0 Å². The molecule has 0 amide bonds. The molecule has 4 aromatic rings. The van der Waals surface area contributed by atoms with Gasteiger partial charge in [-0.15, -0.1) is 6.58 Å². The normalized spacial score (nSPS) is 14.0. The second-order valence-electron chi connectivity index (χ2n) is 8.96. The van der Waals surface area contributed by atoms with E-state index in [0.717, 1.165) is 27.8 Å². The van der Waals surface area contributed by atoms with Gasteiger partial charge in [-0.05, 0) is 23.8 Å². The lowest BCUT2D eigenvalue weighted by atomic mass is 9.85. The van der Waals surface area contributed by atoms with Crippen molar-refractivity contribution in [3.63, 3.8) is 0 Å². The van der Waals surface area contributed by atoms with E-state index in [2.05, 4.69) is 6.58 Å². The number of rotatable bonds is 6. The van der Waals surface area contributed by atoms with E-state index in [9.17, 15) is 14.4 Å². The fourth-order valence-corrected chi connectivity index (χ4v) is 4.31. The van der Waals surface area contributed by atoms with Gasteiger partial charge in [0.15, 0.2) is 17.3 Å². The van der Waals surface area contributed by atoms with Crippen LogP contribution in [0.25, 0.3) is 21.9 Å². The second kappa shape index (κ2) is 11.2. The van der Waals surface area contributed by atoms with Gasteiger partial charge in [-0.2, -0.15) is 0 Å². The molecule has 194 valence electrons. The molecule has 0 saturated carbocycles. The minimum absolute atomic E-state index is 0.0737. The number of carbonyl (C=O) groups excluding carboxylic acids is 2. The highest BCUT2D eigenvalue weighted by Crippen LogP contribution is 2.39. The van der Waals surface area contributed by atoms with E-state index < -0.39 is 0 Å². The summed E-state index contributed by atoms with van der Waals surface area (Å²) in [6.45, 7) is 7.84. The number of ketones is 2. The molecule has 1 unspecified atom stereocenters. The summed E-state index contributed by atoms with van der Waals surface area (Å²) in [6.07, 6.45) is 4.23. The lowest BCUT2D eigenvalue weighted by Crippen LogP contribution is -2.18. The van der Waals surface area contributed by atoms with E-state index in [1.54, 1.807) is 25.3 Å². The molecule has 0 bridgehead atoms. The van der Waals surface area contributed by atoms with Crippen molar-refractivity contribution in [2.75, 3.05) is 14.2 Å². The molecule has 1 aliphatic carbocycles. The Morgan fingerprint density at radius 1 is 0.842 bits per heavy atom. The zero-order valence-electron chi connectivity index (χ0n) is 21.6. The Balaban J connectivity index is 0.000000177. The Morgan fingerprint density at radius 2 is 1.58 bits per heavy atom. The van der Waals surface area contributed by atoms with Crippen LogP contribution in [0.1, 0.15) is 37.0 Å². The molecule has 2 heterocycles. The maximum absolute atomic E-state index is 12.1. The summed E-state index contributed by atoms with van der Waals surface area (Å²) in [5.74, 6) is 1.05. The third kappa shape index (κ3) is 5.22. The first-order chi connectivity index (χ1) is 18.3. The van der Waals surface area contributed by atoms with Gasteiger partial charge in [0.2, 0.25) is 5.78 Å². The first-order valence-electron chi connectivity index (χ1n) is 12.0. The van der Waals surface area contributed by atoms with Crippen molar-refractivity contribution in [3.05, 3.63) is 112 Å². The van der Waals surface area contributed by atoms with Crippen LogP contribution in [0.2, 0.25) is 0 Å². The van der Waals surface area contributed by atoms with Crippen LogP contribution in [0.3, 0.4) is 0 Å². The minimum Gasteiger partial charge on any atom is -0.493 e. The molecular weight excluding hydrogens is 484 g/mol. The molecule has 1 aliphatic rings. The maximum atomic E-state index is 12.1. The van der Waals surface area contributed by atoms with Crippen LogP contribution in [0.15, 0.2) is 104 Å². The highest BCUT2D eigenvalue weighted by atomic mass is 16.5. The van der Waals surface area contributed by atoms with Crippen LogP contribution in [0, 0.1) is 0 Å². The average Bonchev–Trinajstić information content (AvgIpc) is 3.28. The quantitative estimate of drug-likeness (QED) is 0.171. The van der Waals surface area contributed by atoms with E-state index >= 15 is 0 Å². The fourth-order valence-electron chi connectivity index (χ4n) is 4.31. The smallest absolute Gasteiger partial charge is 0.336 e. The number of benzene rings is 2. The van der Waals surface area contributed by atoms with Crippen molar-refractivity contribution in [1.29, 1.82) is 0 Å². The monoisotopic (exact) mass is 512 g/mol. The van der Waals surface area contributed by atoms with Crippen molar-refractivity contribution in [3.8, 4) is 5.75 Å². The minimum atomic E-state index is -0.366. The standard InChI is InChI=1S/C16H14O3.C15H14O4/c1-3-12(11-7-5-4-6-8-11)13-9-15(18)16(19-2)10-14(13)17;1-8(2)14-15(17-3)10-6-9-4-5-13(16)18-11(9)7-12(10)19-14/h3-10,12H,1H2,2H3;4-8H,1-3H3. The van der Waals surface area contributed by atoms with Crippen LogP contribution in [0.4, 0.5) is 0 Å². The Kier molecular flexibility index (Phi) is 7.76. The second-order valence-corrected chi connectivity index (χ2v) is 8.96. The summed E-state index contributed by atoms with van der Waals surface area (Å²) in [5, 5.41) is 1.74. The third-order valence-electron chi connectivity index (χ3n) is 6.16. The van der Waals surface area contributed by atoms with Gasteiger partial charge in [-0.1, -0.05) is 50.3 Å². The van der Waals surface area contributed by atoms with Gasteiger partial charge >= 0.3 is 5.63 Å². The van der Waals surface area contributed by atoms with Crippen molar-refractivity contribution >= 4 is 33.5 Å². The summed E-state index contributed by atoms with van der Waals surface area (Å²) >= 11 is 0. The molecule has 38 heavy (non-hydrogen) atoms. The largest absolute Gasteiger partial charge is 0.493 e. The zero-order valence-corrected chi connectivity index (χ0v) is 21.6. The molecule has 0 spiro atoms. The van der Waals surface area contributed by atoms with E-state index in [4.69, 9.17) is 18.3 Å². The van der Waals surface area contributed by atoms with Crippen molar-refractivity contribution in [2.24, 2.45) is 0 Å². The number of methoxy groups -OCH3 is 2. The van der Waals surface area contributed by atoms with Gasteiger partial charge in [-0.25, -0.2) is 4.79 Å². The van der Waals surface area contributed by atoms with Gasteiger partial charge in [-0.3, -0.25) is 9.59 Å². The van der Waals surface area contributed by atoms with Gasteiger partial charge in [0, 0.05) is 41.0 Å². The molecule has 0 saturated heterocycles. The number of allylic oxidation sites excluding steroid dienone is 4. The summed E-state index contributed by atoms with van der Waals surface area (Å²) in [5.41, 5.74) is 2.18. The third-order valence-corrected chi connectivity index (χ3v) is 6.16. The Bertz CT molecular complexity index is 1630. The van der Waals surface area contributed by atoms with E-state index in [1.165, 1.54) is 25.3 Å². The number of carbonyl (C=O) groups is 2. The Morgan fingerprint density at radius 3 is 2.21 bits per heavy atom. The number of hydrogen-bond acceptors (Lipinski definition) is 7. The lowest BCUT2D eigenvalue weighted by molar-refractivity contribution is -0.117. The highest BCUT2D eigenvalue weighted by Gasteiger charge is 2.26. The van der Waals surface area contributed by atoms with Gasteiger partial charge in [0.05, 0.1) is 19.6 Å². The summed E-state index contributed by atoms with van der Waals surface area (Å²) in [7, 11) is 3.00. The Hall–Kier alpha value is -4.65. The number of fused-ring (bicyclic) bond motifs is 2. The summed E-state index contributed by atoms with van der Waals surface area (Å²) < 4.78 is 21.3. The summed E-state index contributed by atoms with van der Waals surface area (Å²) in [6, 6.07) is 16.3. The molecule has 0 N–H and O–H groups in total. The van der Waals surface area contributed by atoms with Crippen molar-refractivity contribution in [1.82, 2.24) is 0 Å². The van der Waals surface area contributed by atoms with Crippen molar-refractivity contribution < 1.29 is 27.9 Å². The molecule has 0 aliphatic heterocycles. The van der Waals surface area contributed by atoms with Crippen LogP contribution in [0.5, 0.6) is 5.75 Å². The summed E-state index contributed by atoms with van der Waals surface area (Å²) in [4.78, 5) is 35.1. The van der Waals surface area contributed by atoms with E-state index in [0.29, 0.717) is 16.7 Å². The van der Waals surface area contributed by atoms with Crippen LogP contribution in [-0.2, 0) is 14.3 Å². The molecule has 0 fully saturated rings. The lowest BCUT2D eigenvalue weighted by Gasteiger charge is -2.18. The molecule has 2 aromatic carbocycles. The highest BCUT2D eigenvalue weighted by molar-refractivity contribution is 6.19. The van der Waals surface area contributed by atoms with Crippen molar-refractivity contribution in [2.45, 2.75) is 25.7 Å². The molecule has 0 radical (unpaired) electrons. The number of furan rings is 1. The van der Waals surface area contributed by atoms with Crippen LogP contribution in [-0.4, -0.2) is 25.8 Å². The molecule has 7 heteroatoms. The fraction of sp³-hybridized carbons (Fsp3) is 0.194. The van der Waals surface area contributed by atoms with E-state index in [1.807, 2.05) is 50.2 Å². The van der Waals surface area contributed by atoms with Gasteiger partial charge in [0.1, 0.15) is 16.9 Å². The molecule has 5 rings (SSSR count).